The molecular formula is C14H14Br2N2O4. The number of halogens is 2. The summed E-state index contributed by atoms with van der Waals surface area (Å²) in [5.74, 6) is -0.458. The van der Waals surface area contributed by atoms with E-state index >= 15 is 0 Å². The van der Waals surface area contributed by atoms with Gasteiger partial charge in [0, 0.05) is 5.70 Å². The number of carbonyl (C=O) groups is 2. The fraction of sp³-hybridized carbons (Fsp3) is 0.286. The van der Waals surface area contributed by atoms with Gasteiger partial charge >= 0.3 is 12.0 Å². The number of aromatic hydroxyl groups is 1. The Morgan fingerprint density at radius 2 is 1.95 bits per heavy atom. The highest BCUT2D eigenvalue weighted by Crippen LogP contribution is 2.37. The number of amides is 2. The van der Waals surface area contributed by atoms with Gasteiger partial charge in [-0.05, 0) is 63.4 Å². The SMILES string of the molecule is CCOC(=O)C1=C(C)NC(=O)N[C@H]1c1cc(Br)c(O)c(Br)c1. The van der Waals surface area contributed by atoms with Crippen LogP contribution in [0.15, 0.2) is 32.3 Å². The number of hydrogen-bond donors (Lipinski definition) is 3. The number of esters is 1. The Labute approximate surface area is 144 Å². The molecule has 6 nitrogen and oxygen atoms in total. The van der Waals surface area contributed by atoms with Crippen molar-refractivity contribution in [2.45, 2.75) is 19.9 Å². The highest BCUT2D eigenvalue weighted by atomic mass is 79.9. The quantitative estimate of drug-likeness (QED) is 0.639. The zero-order valence-corrected chi connectivity index (χ0v) is 15.0. The Morgan fingerprint density at radius 3 is 2.50 bits per heavy atom. The van der Waals surface area contributed by atoms with Crippen molar-refractivity contribution in [3.8, 4) is 5.75 Å². The maximum atomic E-state index is 12.2. The lowest BCUT2D eigenvalue weighted by atomic mass is 9.95. The molecule has 1 atom stereocenters. The van der Waals surface area contributed by atoms with Crippen molar-refractivity contribution in [1.82, 2.24) is 10.6 Å². The molecule has 1 aliphatic rings. The molecule has 0 bridgehead atoms. The van der Waals surface area contributed by atoms with Crippen LogP contribution in [0.5, 0.6) is 5.75 Å². The fourth-order valence-corrected chi connectivity index (χ4v) is 3.40. The number of hydrogen-bond acceptors (Lipinski definition) is 4. The molecule has 0 saturated carbocycles. The molecule has 0 fully saturated rings. The van der Waals surface area contributed by atoms with E-state index in [1.807, 2.05) is 0 Å². The molecule has 0 spiro atoms. The zero-order chi connectivity index (χ0) is 16.4. The van der Waals surface area contributed by atoms with Gasteiger partial charge in [0.1, 0.15) is 5.75 Å². The van der Waals surface area contributed by atoms with E-state index in [1.165, 1.54) is 0 Å². The average molecular weight is 434 g/mol. The fourth-order valence-electron chi connectivity index (χ4n) is 2.18. The van der Waals surface area contributed by atoms with Crippen LogP contribution < -0.4 is 10.6 Å². The molecule has 8 heteroatoms. The Balaban J connectivity index is 2.52. The van der Waals surface area contributed by atoms with Gasteiger partial charge in [-0.15, -0.1) is 0 Å². The van der Waals surface area contributed by atoms with Gasteiger partial charge < -0.3 is 20.5 Å². The van der Waals surface area contributed by atoms with Crippen LogP contribution in [0, 0.1) is 0 Å². The molecule has 2 rings (SSSR count). The Morgan fingerprint density at radius 1 is 1.36 bits per heavy atom. The van der Waals surface area contributed by atoms with Crippen LogP contribution in [0.2, 0.25) is 0 Å². The highest BCUT2D eigenvalue weighted by Gasteiger charge is 2.32. The van der Waals surface area contributed by atoms with Crippen LogP contribution in [0.1, 0.15) is 25.5 Å². The molecule has 1 aromatic carbocycles. The topological polar surface area (TPSA) is 87.7 Å². The number of phenols is 1. The van der Waals surface area contributed by atoms with Crippen LogP contribution in [0.3, 0.4) is 0 Å². The maximum Gasteiger partial charge on any atom is 0.338 e. The Hall–Kier alpha value is -1.54. The summed E-state index contributed by atoms with van der Waals surface area (Å²) in [7, 11) is 0. The van der Waals surface area contributed by atoms with Gasteiger partial charge in [0.25, 0.3) is 0 Å². The Bertz CT molecular complexity index is 650. The Kier molecular flexibility index (Phi) is 5.12. The molecule has 2 amide bonds. The van der Waals surface area contributed by atoms with Crippen LogP contribution >= 0.6 is 31.9 Å². The smallest absolute Gasteiger partial charge is 0.338 e. The lowest BCUT2D eigenvalue weighted by molar-refractivity contribution is -0.139. The molecule has 22 heavy (non-hydrogen) atoms. The van der Waals surface area contributed by atoms with Gasteiger partial charge in [-0.1, -0.05) is 0 Å². The summed E-state index contributed by atoms with van der Waals surface area (Å²) in [6.07, 6.45) is 0. The molecule has 1 aliphatic heterocycles. The third-order valence-corrected chi connectivity index (χ3v) is 4.35. The number of ether oxygens (including phenoxy) is 1. The molecule has 0 radical (unpaired) electrons. The van der Waals surface area contributed by atoms with Crippen molar-refractivity contribution >= 4 is 43.9 Å². The first-order valence-corrected chi connectivity index (χ1v) is 8.07. The van der Waals surface area contributed by atoms with Crippen molar-refractivity contribution in [2.75, 3.05) is 6.61 Å². The second-order valence-corrected chi connectivity index (χ2v) is 6.33. The number of rotatable bonds is 3. The molecule has 118 valence electrons. The standard InChI is InChI=1S/C14H14Br2N2O4/c1-3-22-13(20)10-6(2)17-14(21)18-11(10)7-4-8(15)12(19)9(16)5-7/h4-5,11,19H,3H2,1-2H3,(H2,17,18,21)/t11-/m0/s1. The number of allylic oxidation sites excluding steroid dienone is 1. The van der Waals surface area contributed by atoms with Crippen molar-refractivity contribution < 1.29 is 19.4 Å². The zero-order valence-electron chi connectivity index (χ0n) is 11.9. The molecule has 0 aliphatic carbocycles. The summed E-state index contributed by atoms with van der Waals surface area (Å²) in [5.41, 5.74) is 1.40. The minimum absolute atomic E-state index is 0.0439. The second kappa shape index (κ2) is 6.70. The molecule has 0 saturated heterocycles. The van der Waals surface area contributed by atoms with E-state index in [-0.39, 0.29) is 12.4 Å². The largest absolute Gasteiger partial charge is 0.506 e. The lowest BCUT2D eigenvalue weighted by Gasteiger charge is -2.28. The van der Waals surface area contributed by atoms with Gasteiger partial charge in [-0.3, -0.25) is 0 Å². The molecule has 1 heterocycles. The van der Waals surface area contributed by atoms with Crippen LogP contribution in [0.25, 0.3) is 0 Å². The highest BCUT2D eigenvalue weighted by molar-refractivity contribution is 9.11. The average Bonchev–Trinajstić information content (AvgIpc) is 2.43. The first kappa shape index (κ1) is 16.8. The summed E-state index contributed by atoms with van der Waals surface area (Å²) in [6, 6.07) is 2.21. The summed E-state index contributed by atoms with van der Waals surface area (Å²) >= 11 is 6.48. The molecule has 0 aromatic heterocycles. The van der Waals surface area contributed by atoms with Crippen molar-refractivity contribution in [3.05, 3.63) is 37.9 Å². The van der Waals surface area contributed by atoms with Crippen LogP contribution in [0.4, 0.5) is 4.79 Å². The normalized spacial score (nSPS) is 17.8. The van der Waals surface area contributed by atoms with Gasteiger partial charge in [0.05, 0.1) is 27.2 Å². The monoisotopic (exact) mass is 432 g/mol. The summed E-state index contributed by atoms with van der Waals surface area (Å²) in [5, 5.41) is 15.1. The van der Waals surface area contributed by atoms with Crippen molar-refractivity contribution in [2.24, 2.45) is 0 Å². The third-order valence-electron chi connectivity index (χ3n) is 3.14. The van der Waals surface area contributed by atoms with E-state index < -0.39 is 18.0 Å². The van der Waals surface area contributed by atoms with E-state index in [4.69, 9.17) is 4.74 Å². The first-order chi connectivity index (χ1) is 10.3. The minimum atomic E-state index is -0.666. The molecule has 0 unspecified atom stereocenters. The predicted molar refractivity (Wildman–Crippen MR) is 87.2 cm³/mol. The summed E-state index contributed by atoms with van der Waals surface area (Å²) < 4.78 is 5.96. The number of phenolic OH excluding ortho intramolecular Hbond substituents is 1. The lowest BCUT2D eigenvalue weighted by Crippen LogP contribution is -2.45. The van der Waals surface area contributed by atoms with Gasteiger partial charge in [-0.2, -0.15) is 0 Å². The second-order valence-electron chi connectivity index (χ2n) is 4.62. The van der Waals surface area contributed by atoms with E-state index in [9.17, 15) is 14.7 Å². The van der Waals surface area contributed by atoms with E-state index in [0.29, 0.717) is 25.8 Å². The molecule has 3 N–H and O–H groups in total. The van der Waals surface area contributed by atoms with Crippen molar-refractivity contribution in [1.29, 1.82) is 0 Å². The number of nitrogens with one attached hydrogen (secondary N) is 2. The maximum absolute atomic E-state index is 12.2. The van der Waals surface area contributed by atoms with Gasteiger partial charge in [0.15, 0.2) is 0 Å². The van der Waals surface area contributed by atoms with Crippen LogP contribution in [-0.2, 0) is 9.53 Å². The number of carbonyl (C=O) groups excluding carboxylic acids is 2. The van der Waals surface area contributed by atoms with E-state index in [2.05, 4.69) is 42.5 Å². The van der Waals surface area contributed by atoms with Crippen LogP contribution in [-0.4, -0.2) is 23.7 Å². The van der Waals surface area contributed by atoms with Crippen molar-refractivity contribution in [3.63, 3.8) is 0 Å². The minimum Gasteiger partial charge on any atom is -0.506 e. The third kappa shape index (κ3) is 3.27. The first-order valence-electron chi connectivity index (χ1n) is 6.48. The number of urea groups is 1. The van der Waals surface area contributed by atoms with E-state index in [0.717, 1.165) is 0 Å². The predicted octanol–water partition coefficient (Wildman–Crippen LogP) is 3.11. The molecule has 1 aromatic rings. The molecular weight excluding hydrogens is 420 g/mol. The van der Waals surface area contributed by atoms with Gasteiger partial charge in [0.2, 0.25) is 0 Å². The van der Waals surface area contributed by atoms with Gasteiger partial charge in [-0.25, -0.2) is 9.59 Å². The van der Waals surface area contributed by atoms with E-state index in [1.54, 1.807) is 26.0 Å². The summed E-state index contributed by atoms with van der Waals surface area (Å²) in [4.78, 5) is 23.9. The summed E-state index contributed by atoms with van der Waals surface area (Å²) in [6.45, 7) is 3.59. The number of benzene rings is 1.